The van der Waals surface area contributed by atoms with E-state index in [2.05, 4.69) is 0 Å². The molecule has 0 aromatic carbocycles. The van der Waals surface area contributed by atoms with Crippen molar-refractivity contribution >= 4 is 5.78 Å². The molecule has 10 nitrogen and oxygen atoms in total. The molecule has 0 saturated heterocycles. The van der Waals surface area contributed by atoms with Gasteiger partial charge in [0.2, 0.25) is 17.3 Å². The van der Waals surface area contributed by atoms with Gasteiger partial charge in [0.05, 0.1) is 20.8 Å². The van der Waals surface area contributed by atoms with E-state index in [-0.39, 0.29) is 29.9 Å². The highest BCUT2D eigenvalue weighted by molar-refractivity contribution is 5.97. The van der Waals surface area contributed by atoms with Crippen molar-refractivity contribution in [3.63, 3.8) is 0 Å². The smallest absolute Gasteiger partial charge is 0.322 e. The van der Waals surface area contributed by atoms with Crippen molar-refractivity contribution in [1.29, 1.82) is 0 Å². The summed E-state index contributed by atoms with van der Waals surface area (Å²) >= 11 is 0. The summed E-state index contributed by atoms with van der Waals surface area (Å²) < 4.78 is 20.8. The van der Waals surface area contributed by atoms with Crippen LogP contribution >= 0.6 is 0 Å². The lowest BCUT2D eigenvalue weighted by Crippen LogP contribution is -2.46. The van der Waals surface area contributed by atoms with Crippen LogP contribution in [0, 0.1) is 11.8 Å². The van der Waals surface area contributed by atoms with Gasteiger partial charge in [-0.1, -0.05) is 13.0 Å². The van der Waals surface area contributed by atoms with Gasteiger partial charge in [0.1, 0.15) is 24.9 Å². The monoisotopic (exact) mass is 430 g/mol. The summed E-state index contributed by atoms with van der Waals surface area (Å²) in [5.74, 6) is -2.10. The van der Waals surface area contributed by atoms with Crippen molar-refractivity contribution in [2.24, 2.45) is 11.8 Å². The van der Waals surface area contributed by atoms with Crippen LogP contribution in [0.4, 0.5) is 0 Å². The van der Waals surface area contributed by atoms with E-state index in [1.54, 1.807) is 19.9 Å². The molecule has 0 aromatic rings. The molecule has 0 spiro atoms. The summed E-state index contributed by atoms with van der Waals surface area (Å²) in [4.78, 5) is 12.5. The van der Waals surface area contributed by atoms with Crippen LogP contribution in [0.25, 0.3) is 0 Å². The van der Waals surface area contributed by atoms with Crippen LogP contribution in [0.5, 0.6) is 0 Å². The highest BCUT2D eigenvalue weighted by Gasteiger charge is 2.42. The fourth-order valence-corrected chi connectivity index (χ4v) is 3.45. The van der Waals surface area contributed by atoms with Gasteiger partial charge in [0.25, 0.3) is 0 Å². The molecule has 1 aliphatic carbocycles. The van der Waals surface area contributed by atoms with E-state index in [4.69, 9.17) is 18.9 Å². The number of aliphatic hydroxyl groups excluding tert-OH is 5. The van der Waals surface area contributed by atoms with Crippen molar-refractivity contribution in [3.8, 4) is 0 Å². The maximum atomic E-state index is 12.5. The Bertz CT molecular complexity index is 725. The lowest BCUT2D eigenvalue weighted by molar-refractivity contribution is -0.146. The number of methoxy groups -OCH3 is 2. The molecule has 5 unspecified atom stereocenters. The van der Waals surface area contributed by atoms with Crippen LogP contribution in [-0.2, 0) is 23.7 Å². The predicted octanol–water partition coefficient (Wildman–Crippen LogP) is -0.120. The minimum Gasteiger partial charge on any atom is -0.504 e. The van der Waals surface area contributed by atoms with E-state index in [9.17, 15) is 30.3 Å². The molecule has 0 radical (unpaired) electrons. The summed E-state index contributed by atoms with van der Waals surface area (Å²) in [5, 5.41) is 49.2. The largest absolute Gasteiger partial charge is 0.504 e. The average Bonchev–Trinajstić information content (AvgIpc) is 2.73. The number of carbonyl (C=O) groups excluding carboxylic acids is 1. The molecule has 0 aromatic heterocycles. The normalized spacial score (nSPS) is 32.8. The first kappa shape index (κ1) is 24.0. The summed E-state index contributed by atoms with van der Waals surface area (Å²) in [7, 11) is 2.71. The SMILES string of the molecule is COC1=C(OC)C(O)C(C/C=C(\C)COC2=C(O)C(O)[C@@H](O)C(CO)O2)C(C)C1=O. The summed E-state index contributed by atoms with van der Waals surface area (Å²) in [6, 6.07) is 0. The molecule has 170 valence electrons. The number of carbonyl (C=O) groups is 1. The molecule has 2 rings (SSSR count). The van der Waals surface area contributed by atoms with Gasteiger partial charge in [0.15, 0.2) is 11.9 Å². The molecule has 1 aliphatic heterocycles. The van der Waals surface area contributed by atoms with Gasteiger partial charge in [0, 0.05) is 11.8 Å². The molecular formula is C20H30O10. The van der Waals surface area contributed by atoms with Crippen molar-refractivity contribution < 1.29 is 49.3 Å². The Kier molecular flexibility index (Phi) is 8.13. The third-order valence-electron chi connectivity index (χ3n) is 5.40. The quantitative estimate of drug-likeness (QED) is 0.329. The topological polar surface area (TPSA) is 155 Å². The molecule has 2 aliphatic rings. The van der Waals surface area contributed by atoms with Crippen LogP contribution in [0.3, 0.4) is 0 Å². The van der Waals surface area contributed by atoms with Gasteiger partial charge >= 0.3 is 5.95 Å². The fourth-order valence-electron chi connectivity index (χ4n) is 3.45. The van der Waals surface area contributed by atoms with Gasteiger partial charge in [-0.2, -0.15) is 0 Å². The number of allylic oxidation sites excluding steroid dienone is 2. The highest BCUT2D eigenvalue weighted by Crippen LogP contribution is 2.35. The Hall–Kier alpha value is -2.27. The van der Waals surface area contributed by atoms with E-state index in [0.29, 0.717) is 12.0 Å². The van der Waals surface area contributed by atoms with E-state index in [0.717, 1.165) is 0 Å². The van der Waals surface area contributed by atoms with Crippen LogP contribution in [0.1, 0.15) is 20.3 Å². The number of ketones is 1. The number of hydrogen-bond acceptors (Lipinski definition) is 10. The average molecular weight is 430 g/mol. The standard InChI is InChI=1S/C20H30O10/c1-9(8-29-20-17(26)16(25)15(24)12(7-21)30-20)5-6-11-10(2)13(22)18(27-3)19(28-4)14(11)23/h5,10-12,14-16,21,23-26H,6-8H2,1-4H3/b9-5+/t10?,11?,12?,14?,15-,16?/m0/s1. The van der Waals surface area contributed by atoms with Crippen molar-refractivity contribution in [2.75, 3.05) is 27.4 Å². The zero-order valence-corrected chi connectivity index (χ0v) is 17.4. The lowest BCUT2D eigenvalue weighted by atomic mass is 9.77. The Labute approximate surface area is 174 Å². The summed E-state index contributed by atoms with van der Waals surface area (Å²) in [6.45, 7) is 2.85. The van der Waals surface area contributed by atoms with Crippen molar-refractivity contribution in [2.45, 2.75) is 44.7 Å². The molecule has 5 N–H and O–H groups in total. The minimum absolute atomic E-state index is 0.0221. The first-order valence-corrected chi connectivity index (χ1v) is 9.57. The maximum absolute atomic E-state index is 12.5. The molecule has 0 fully saturated rings. The fraction of sp³-hybridized carbons (Fsp3) is 0.650. The third kappa shape index (κ3) is 4.72. The molecule has 1 heterocycles. The lowest BCUT2D eigenvalue weighted by Gasteiger charge is -2.33. The maximum Gasteiger partial charge on any atom is 0.322 e. The summed E-state index contributed by atoms with van der Waals surface area (Å²) in [5.41, 5.74) is 0.701. The van der Waals surface area contributed by atoms with Gasteiger partial charge in [-0.25, -0.2) is 0 Å². The number of Topliss-reactive ketones (excluding diaryl/α,β-unsaturated/α-hetero) is 1. The van der Waals surface area contributed by atoms with E-state index < -0.39 is 48.6 Å². The molecule has 0 bridgehead atoms. The first-order valence-electron chi connectivity index (χ1n) is 9.57. The van der Waals surface area contributed by atoms with Gasteiger partial charge < -0.3 is 44.5 Å². The molecule has 0 saturated carbocycles. The molecular weight excluding hydrogens is 400 g/mol. The zero-order chi connectivity index (χ0) is 22.6. The highest BCUT2D eigenvalue weighted by atomic mass is 16.7. The minimum atomic E-state index is -1.63. The molecule has 10 heteroatoms. The predicted molar refractivity (Wildman–Crippen MR) is 103 cm³/mol. The number of hydrogen-bond donors (Lipinski definition) is 5. The van der Waals surface area contributed by atoms with Crippen LogP contribution < -0.4 is 0 Å². The Morgan fingerprint density at radius 1 is 1.17 bits per heavy atom. The second-order valence-electron chi connectivity index (χ2n) is 7.39. The molecule has 0 amide bonds. The van der Waals surface area contributed by atoms with E-state index >= 15 is 0 Å². The van der Waals surface area contributed by atoms with E-state index in [1.807, 2.05) is 0 Å². The Morgan fingerprint density at radius 2 is 1.83 bits per heavy atom. The van der Waals surface area contributed by atoms with Crippen molar-refractivity contribution in [1.82, 2.24) is 0 Å². The zero-order valence-electron chi connectivity index (χ0n) is 17.4. The van der Waals surface area contributed by atoms with Crippen LogP contribution in [0.2, 0.25) is 0 Å². The second-order valence-corrected chi connectivity index (χ2v) is 7.39. The second kappa shape index (κ2) is 10.2. The first-order chi connectivity index (χ1) is 14.2. The third-order valence-corrected chi connectivity index (χ3v) is 5.40. The number of aliphatic hydroxyl groups is 5. The van der Waals surface area contributed by atoms with E-state index in [1.165, 1.54) is 14.2 Å². The molecule has 30 heavy (non-hydrogen) atoms. The molecule has 6 atom stereocenters. The number of rotatable bonds is 8. The van der Waals surface area contributed by atoms with Crippen LogP contribution in [-0.4, -0.2) is 83.2 Å². The van der Waals surface area contributed by atoms with Crippen LogP contribution in [0.15, 0.2) is 34.9 Å². The van der Waals surface area contributed by atoms with Gasteiger partial charge in [-0.05, 0) is 18.9 Å². The Morgan fingerprint density at radius 3 is 2.40 bits per heavy atom. The van der Waals surface area contributed by atoms with Crippen molar-refractivity contribution in [3.05, 3.63) is 34.9 Å². The van der Waals surface area contributed by atoms with Gasteiger partial charge in [-0.3, -0.25) is 4.79 Å². The summed E-state index contributed by atoms with van der Waals surface area (Å²) in [6.07, 6.45) is -3.14. The number of ether oxygens (including phenoxy) is 4. The Balaban J connectivity index is 2.05. The van der Waals surface area contributed by atoms with Gasteiger partial charge in [-0.15, -0.1) is 0 Å².